The van der Waals surface area contributed by atoms with Crippen molar-refractivity contribution in [1.82, 2.24) is 5.32 Å². The van der Waals surface area contributed by atoms with Gasteiger partial charge in [-0.05, 0) is 26.0 Å². The van der Waals surface area contributed by atoms with Crippen molar-refractivity contribution in [3.63, 3.8) is 0 Å². The summed E-state index contributed by atoms with van der Waals surface area (Å²) in [6.45, 7) is 4.63. The third kappa shape index (κ3) is 8.97. The van der Waals surface area contributed by atoms with E-state index in [1.165, 1.54) is 4.90 Å². The van der Waals surface area contributed by atoms with Crippen LogP contribution in [0.4, 0.5) is 0 Å². The highest BCUT2D eigenvalue weighted by atomic mass is 32.2. The van der Waals surface area contributed by atoms with Crippen LogP contribution in [0.5, 0.6) is 0 Å². The minimum absolute atomic E-state index is 0.0860. The normalized spacial score (nSPS) is 11.3. The molecule has 106 valence electrons. The van der Waals surface area contributed by atoms with Crippen molar-refractivity contribution in [2.75, 3.05) is 23.8 Å². The Labute approximate surface area is 124 Å². The molecule has 0 fully saturated rings. The third-order valence-corrected chi connectivity index (χ3v) is 4.57. The molecule has 0 bridgehead atoms. The van der Waals surface area contributed by atoms with Crippen molar-refractivity contribution in [2.45, 2.75) is 24.3 Å². The summed E-state index contributed by atoms with van der Waals surface area (Å²) >= 11 is 3.33. The van der Waals surface area contributed by atoms with E-state index >= 15 is 0 Å². The van der Waals surface area contributed by atoms with Crippen LogP contribution in [-0.2, 0) is 4.79 Å². The SMILES string of the molecule is CC(C)(N)CSCC(=O)NCCSc1ccccc1. The lowest BCUT2D eigenvalue weighted by Gasteiger charge is -2.17. The molecule has 0 heterocycles. The summed E-state index contributed by atoms with van der Waals surface area (Å²) in [6, 6.07) is 10.2. The Kier molecular flexibility index (Phi) is 7.34. The van der Waals surface area contributed by atoms with Crippen molar-refractivity contribution >= 4 is 29.4 Å². The van der Waals surface area contributed by atoms with Gasteiger partial charge in [0.2, 0.25) is 5.91 Å². The summed E-state index contributed by atoms with van der Waals surface area (Å²) in [4.78, 5) is 12.8. The summed E-state index contributed by atoms with van der Waals surface area (Å²) < 4.78 is 0. The Morgan fingerprint density at radius 2 is 2.00 bits per heavy atom. The molecule has 1 aromatic carbocycles. The zero-order valence-corrected chi connectivity index (χ0v) is 13.2. The summed E-state index contributed by atoms with van der Waals surface area (Å²) in [7, 11) is 0. The lowest BCUT2D eigenvalue weighted by atomic mass is 10.1. The molecule has 3 N–H and O–H groups in total. The van der Waals surface area contributed by atoms with Gasteiger partial charge in [-0.2, -0.15) is 11.8 Å². The minimum Gasteiger partial charge on any atom is -0.355 e. The average Bonchev–Trinajstić information content (AvgIpc) is 2.34. The van der Waals surface area contributed by atoms with Crippen molar-refractivity contribution < 1.29 is 4.79 Å². The standard InChI is InChI=1S/C14H22N2OS2/c1-14(2,15)11-18-10-13(17)16-8-9-19-12-6-4-3-5-7-12/h3-7H,8-11,15H2,1-2H3,(H,16,17). The van der Waals surface area contributed by atoms with E-state index in [0.717, 1.165) is 11.5 Å². The highest BCUT2D eigenvalue weighted by Crippen LogP contribution is 2.15. The fraction of sp³-hybridized carbons (Fsp3) is 0.500. The van der Waals surface area contributed by atoms with Crippen LogP contribution in [0.3, 0.4) is 0 Å². The molecule has 1 rings (SSSR count). The molecule has 0 radical (unpaired) electrons. The van der Waals surface area contributed by atoms with Crippen LogP contribution in [0.15, 0.2) is 35.2 Å². The van der Waals surface area contributed by atoms with Crippen LogP contribution in [0.1, 0.15) is 13.8 Å². The van der Waals surface area contributed by atoms with E-state index in [4.69, 9.17) is 5.73 Å². The summed E-state index contributed by atoms with van der Waals surface area (Å²) in [5.74, 6) is 2.25. The van der Waals surface area contributed by atoms with Crippen LogP contribution in [-0.4, -0.2) is 35.2 Å². The van der Waals surface area contributed by atoms with Crippen LogP contribution < -0.4 is 11.1 Å². The monoisotopic (exact) mass is 298 g/mol. The number of carbonyl (C=O) groups excluding carboxylic acids is 1. The van der Waals surface area contributed by atoms with Gasteiger partial charge in [-0.3, -0.25) is 4.79 Å². The predicted octanol–water partition coefficient (Wildman–Crippen LogP) is 2.37. The van der Waals surface area contributed by atoms with E-state index in [1.807, 2.05) is 32.0 Å². The number of amides is 1. The number of nitrogens with one attached hydrogen (secondary N) is 1. The van der Waals surface area contributed by atoms with E-state index in [1.54, 1.807) is 23.5 Å². The molecule has 0 aliphatic carbocycles. The zero-order chi connectivity index (χ0) is 14.1. The average molecular weight is 298 g/mol. The minimum atomic E-state index is -0.214. The first-order chi connectivity index (χ1) is 8.97. The molecule has 0 aliphatic rings. The second-order valence-corrected chi connectivity index (χ2v) is 7.15. The molecule has 0 saturated heterocycles. The summed E-state index contributed by atoms with van der Waals surface area (Å²) in [5.41, 5.74) is 5.64. The maximum Gasteiger partial charge on any atom is 0.230 e. The van der Waals surface area contributed by atoms with Crippen molar-refractivity contribution in [2.24, 2.45) is 5.73 Å². The fourth-order valence-electron chi connectivity index (χ4n) is 1.33. The maximum absolute atomic E-state index is 11.6. The lowest BCUT2D eigenvalue weighted by Crippen LogP contribution is -2.36. The first-order valence-corrected chi connectivity index (χ1v) is 8.42. The Bertz CT molecular complexity index is 377. The van der Waals surface area contributed by atoms with E-state index in [9.17, 15) is 4.79 Å². The number of nitrogens with two attached hydrogens (primary N) is 1. The first-order valence-electron chi connectivity index (χ1n) is 6.28. The van der Waals surface area contributed by atoms with E-state index in [0.29, 0.717) is 12.3 Å². The van der Waals surface area contributed by atoms with Gasteiger partial charge < -0.3 is 11.1 Å². The number of benzene rings is 1. The van der Waals surface area contributed by atoms with Gasteiger partial charge in [0.25, 0.3) is 0 Å². The van der Waals surface area contributed by atoms with Gasteiger partial charge >= 0.3 is 0 Å². The summed E-state index contributed by atoms with van der Waals surface area (Å²) in [6.07, 6.45) is 0. The molecule has 1 aromatic rings. The van der Waals surface area contributed by atoms with E-state index in [2.05, 4.69) is 17.4 Å². The van der Waals surface area contributed by atoms with Crippen molar-refractivity contribution in [1.29, 1.82) is 0 Å². The number of hydrogen-bond acceptors (Lipinski definition) is 4. The van der Waals surface area contributed by atoms with Crippen molar-refractivity contribution in [3.05, 3.63) is 30.3 Å². The second-order valence-electron chi connectivity index (χ2n) is 4.99. The molecule has 3 nitrogen and oxygen atoms in total. The predicted molar refractivity (Wildman–Crippen MR) is 85.8 cm³/mol. The highest BCUT2D eigenvalue weighted by molar-refractivity contribution is 8.00. The number of carbonyl (C=O) groups is 1. The Morgan fingerprint density at radius 3 is 2.63 bits per heavy atom. The third-order valence-electron chi connectivity index (χ3n) is 2.14. The molecule has 5 heteroatoms. The Morgan fingerprint density at radius 1 is 1.32 bits per heavy atom. The second kappa shape index (κ2) is 8.51. The van der Waals surface area contributed by atoms with Gasteiger partial charge in [0.15, 0.2) is 0 Å². The molecule has 0 spiro atoms. The quantitative estimate of drug-likeness (QED) is 0.571. The van der Waals surface area contributed by atoms with Gasteiger partial charge in [-0.25, -0.2) is 0 Å². The zero-order valence-electron chi connectivity index (χ0n) is 11.5. The van der Waals surface area contributed by atoms with Gasteiger partial charge in [0.1, 0.15) is 0 Å². The molecule has 0 unspecified atom stereocenters. The number of rotatable bonds is 8. The first kappa shape index (κ1) is 16.4. The molecular weight excluding hydrogens is 276 g/mol. The Balaban J connectivity index is 2.05. The van der Waals surface area contributed by atoms with Crippen LogP contribution in [0.2, 0.25) is 0 Å². The summed E-state index contributed by atoms with van der Waals surface area (Å²) in [5, 5.41) is 2.92. The van der Waals surface area contributed by atoms with Crippen LogP contribution >= 0.6 is 23.5 Å². The topological polar surface area (TPSA) is 55.1 Å². The molecular formula is C14H22N2OS2. The highest BCUT2D eigenvalue weighted by Gasteiger charge is 2.11. The van der Waals surface area contributed by atoms with Gasteiger partial charge in [0.05, 0.1) is 5.75 Å². The smallest absolute Gasteiger partial charge is 0.230 e. The lowest BCUT2D eigenvalue weighted by molar-refractivity contribution is -0.118. The molecule has 0 atom stereocenters. The molecule has 1 amide bonds. The maximum atomic E-state index is 11.6. The van der Waals surface area contributed by atoms with Crippen LogP contribution in [0, 0.1) is 0 Å². The molecule has 0 saturated carbocycles. The van der Waals surface area contributed by atoms with Gasteiger partial charge in [-0.15, -0.1) is 11.8 Å². The van der Waals surface area contributed by atoms with Gasteiger partial charge in [0, 0.05) is 28.5 Å². The van der Waals surface area contributed by atoms with Crippen LogP contribution in [0.25, 0.3) is 0 Å². The van der Waals surface area contributed by atoms with E-state index < -0.39 is 0 Å². The number of hydrogen-bond donors (Lipinski definition) is 2. The number of thioether (sulfide) groups is 2. The van der Waals surface area contributed by atoms with Gasteiger partial charge in [-0.1, -0.05) is 18.2 Å². The largest absolute Gasteiger partial charge is 0.355 e. The van der Waals surface area contributed by atoms with E-state index in [-0.39, 0.29) is 11.4 Å². The van der Waals surface area contributed by atoms with Crippen molar-refractivity contribution in [3.8, 4) is 0 Å². The molecule has 19 heavy (non-hydrogen) atoms. The fourth-order valence-corrected chi connectivity index (χ4v) is 3.04. The molecule has 0 aliphatic heterocycles. The molecule has 0 aromatic heterocycles. The Hall–Kier alpha value is -0.650.